The summed E-state index contributed by atoms with van der Waals surface area (Å²) < 4.78 is 37.7. The minimum Gasteiger partial charge on any atom is -0.324 e. The Morgan fingerprint density at radius 3 is 2.25 bits per heavy atom. The van der Waals surface area contributed by atoms with Crippen LogP contribution in [0.5, 0.6) is 0 Å². The van der Waals surface area contributed by atoms with Crippen molar-refractivity contribution in [3.63, 3.8) is 0 Å². The van der Waals surface area contributed by atoms with Crippen molar-refractivity contribution >= 4 is 11.6 Å². The van der Waals surface area contributed by atoms with Crippen LogP contribution in [-0.2, 0) is 6.18 Å². The fourth-order valence-corrected chi connectivity index (χ4v) is 1.58. The van der Waals surface area contributed by atoms with Crippen LogP contribution in [0, 0.1) is 5.92 Å². The molecular weight excluding hydrogens is 239 g/mol. The van der Waals surface area contributed by atoms with Crippen molar-refractivity contribution in [2.45, 2.75) is 26.1 Å². The highest BCUT2D eigenvalue weighted by Gasteiger charge is 2.33. The largest absolute Gasteiger partial charge is 0.417 e. The molecule has 1 aromatic carbocycles. The molecule has 5 heteroatoms. The number of hydrogen-bond donors (Lipinski definition) is 1. The highest BCUT2D eigenvalue weighted by molar-refractivity contribution is 6.31. The van der Waals surface area contributed by atoms with Crippen molar-refractivity contribution < 1.29 is 13.2 Å². The average Bonchev–Trinajstić information content (AvgIpc) is 2.15. The minimum atomic E-state index is -4.44. The van der Waals surface area contributed by atoms with Crippen LogP contribution in [0.25, 0.3) is 0 Å². The zero-order valence-corrected chi connectivity index (χ0v) is 9.73. The summed E-state index contributed by atoms with van der Waals surface area (Å²) in [7, 11) is 0. The van der Waals surface area contributed by atoms with Crippen molar-refractivity contribution in [3.05, 3.63) is 34.3 Å². The molecule has 1 aromatic rings. The van der Waals surface area contributed by atoms with Gasteiger partial charge in [-0.3, -0.25) is 0 Å². The van der Waals surface area contributed by atoms with E-state index in [2.05, 4.69) is 0 Å². The summed E-state index contributed by atoms with van der Waals surface area (Å²) in [6, 6.07) is 3.37. The standard InChI is InChI=1S/C11H13ClF3N/c1-6(2)10(16)7-3-4-9(12)8(5-7)11(13,14)15/h3-6,10H,16H2,1-2H3. The molecular formula is C11H13ClF3N. The van der Waals surface area contributed by atoms with Crippen molar-refractivity contribution in [3.8, 4) is 0 Å². The lowest BCUT2D eigenvalue weighted by Crippen LogP contribution is -2.18. The molecule has 0 aliphatic carbocycles. The van der Waals surface area contributed by atoms with E-state index in [-0.39, 0.29) is 10.9 Å². The molecule has 0 bridgehead atoms. The molecule has 0 radical (unpaired) electrons. The van der Waals surface area contributed by atoms with Gasteiger partial charge in [-0.05, 0) is 23.6 Å². The first-order chi connectivity index (χ1) is 7.23. The second kappa shape index (κ2) is 4.63. The summed E-state index contributed by atoms with van der Waals surface area (Å²) in [5, 5.41) is -0.299. The zero-order chi connectivity index (χ0) is 12.5. The third-order valence-electron chi connectivity index (χ3n) is 2.40. The summed E-state index contributed by atoms with van der Waals surface area (Å²) in [5.74, 6) is 0.0715. The van der Waals surface area contributed by atoms with E-state index in [1.165, 1.54) is 12.1 Å². The van der Waals surface area contributed by atoms with Crippen LogP contribution in [0.1, 0.15) is 31.0 Å². The minimum absolute atomic E-state index is 0.0715. The van der Waals surface area contributed by atoms with Gasteiger partial charge in [-0.2, -0.15) is 13.2 Å². The Bertz CT molecular complexity index is 374. The maximum absolute atomic E-state index is 12.6. The van der Waals surface area contributed by atoms with Gasteiger partial charge >= 0.3 is 6.18 Å². The van der Waals surface area contributed by atoms with Crippen LogP contribution in [0.15, 0.2) is 18.2 Å². The number of benzene rings is 1. The number of hydrogen-bond acceptors (Lipinski definition) is 1. The first-order valence-corrected chi connectivity index (χ1v) is 5.23. The van der Waals surface area contributed by atoms with Gasteiger partial charge in [0.05, 0.1) is 10.6 Å². The first-order valence-electron chi connectivity index (χ1n) is 4.85. The van der Waals surface area contributed by atoms with E-state index >= 15 is 0 Å². The van der Waals surface area contributed by atoms with Gasteiger partial charge in [0.1, 0.15) is 0 Å². The van der Waals surface area contributed by atoms with E-state index < -0.39 is 17.8 Å². The van der Waals surface area contributed by atoms with Crippen molar-refractivity contribution in [2.75, 3.05) is 0 Å². The Labute approximate surface area is 97.4 Å². The van der Waals surface area contributed by atoms with Crippen LogP contribution in [0.4, 0.5) is 13.2 Å². The average molecular weight is 252 g/mol. The molecule has 1 nitrogen and oxygen atoms in total. The van der Waals surface area contributed by atoms with Crippen LogP contribution < -0.4 is 5.73 Å². The Kier molecular flexibility index (Phi) is 3.86. The molecule has 1 unspecified atom stereocenters. The summed E-state index contributed by atoms with van der Waals surface area (Å²) in [6.45, 7) is 3.71. The summed E-state index contributed by atoms with van der Waals surface area (Å²) in [6.07, 6.45) is -4.44. The molecule has 1 rings (SSSR count). The molecule has 0 aliphatic rings. The summed E-state index contributed by atoms with van der Waals surface area (Å²) in [4.78, 5) is 0. The Balaban J connectivity index is 3.18. The van der Waals surface area contributed by atoms with E-state index in [4.69, 9.17) is 17.3 Å². The molecule has 0 saturated carbocycles. The third kappa shape index (κ3) is 2.89. The second-order valence-corrected chi connectivity index (χ2v) is 4.41. The second-order valence-electron chi connectivity index (χ2n) is 4.01. The van der Waals surface area contributed by atoms with Gasteiger partial charge in [0.2, 0.25) is 0 Å². The predicted octanol–water partition coefficient (Wildman–Crippen LogP) is 4.01. The fraction of sp³-hybridized carbons (Fsp3) is 0.455. The topological polar surface area (TPSA) is 26.0 Å². The van der Waals surface area contributed by atoms with Crippen LogP contribution >= 0.6 is 11.6 Å². The first kappa shape index (κ1) is 13.3. The molecule has 16 heavy (non-hydrogen) atoms. The molecule has 0 aliphatic heterocycles. The highest BCUT2D eigenvalue weighted by atomic mass is 35.5. The van der Waals surface area contributed by atoms with Crippen LogP contribution in [-0.4, -0.2) is 0 Å². The number of alkyl halides is 3. The summed E-state index contributed by atoms with van der Waals surface area (Å²) >= 11 is 5.50. The third-order valence-corrected chi connectivity index (χ3v) is 2.73. The molecule has 0 heterocycles. The fourth-order valence-electron chi connectivity index (χ4n) is 1.35. The van der Waals surface area contributed by atoms with Gasteiger partial charge in [-0.15, -0.1) is 0 Å². The lowest BCUT2D eigenvalue weighted by molar-refractivity contribution is -0.137. The maximum atomic E-state index is 12.6. The highest BCUT2D eigenvalue weighted by Crippen LogP contribution is 2.36. The number of halogens is 4. The van der Waals surface area contributed by atoms with E-state index in [0.717, 1.165) is 6.07 Å². The molecule has 0 aromatic heterocycles. The molecule has 90 valence electrons. The normalized spacial score (nSPS) is 14.2. The van der Waals surface area contributed by atoms with Crippen molar-refractivity contribution in [2.24, 2.45) is 11.7 Å². The molecule has 0 spiro atoms. The Morgan fingerprint density at radius 2 is 1.81 bits per heavy atom. The lowest BCUT2D eigenvalue weighted by Gasteiger charge is -2.18. The predicted molar refractivity (Wildman–Crippen MR) is 58.2 cm³/mol. The molecule has 0 fully saturated rings. The van der Waals surface area contributed by atoms with E-state index in [9.17, 15) is 13.2 Å². The van der Waals surface area contributed by atoms with Gasteiger partial charge in [0.15, 0.2) is 0 Å². The number of nitrogens with two attached hydrogens (primary N) is 1. The van der Waals surface area contributed by atoms with E-state index in [1.807, 2.05) is 13.8 Å². The monoisotopic (exact) mass is 251 g/mol. The van der Waals surface area contributed by atoms with Gasteiger partial charge < -0.3 is 5.73 Å². The van der Waals surface area contributed by atoms with E-state index in [1.54, 1.807) is 0 Å². The smallest absolute Gasteiger partial charge is 0.324 e. The zero-order valence-electron chi connectivity index (χ0n) is 8.98. The molecule has 0 amide bonds. The van der Waals surface area contributed by atoms with Gasteiger partial charge in [-0.1, -0.05) is 31.5 Å². The molecule has 2 N–H and O–H groups in total. The quantitative estimate of drug-likeness (QED) is 0.844. The van der Waals surface area contributed by atoms with Gasteiger partial charge in [0.25, 0.3) is 0 Å². The van der Waals surface area contributed by atoms with Gasteiger partial charge in [0, 0.05) is 6.04 Å². The Morgan fingerprint density at radius 1 is 1.25 bits per heavy atom. The Hall–Kier alpha value is -0.740. The number of rotatable bonds is 2. The van der Waals surface area contributed by atoms with E-state index in [0.29, 0.717) is 5.56 Å². The molecule has 0 saturated heterocycles. The van der Waals surface area contributed by atoms with Crippen molar-refractivity contribution in [1.29, 1.82) is 0 Å². The maximum Gasteiger partial charge on any atom is 0.417 e. The molecule has 1 atom stereocenters. The summed E-state index contributed by atoms with van der Waals surface area (Å²) in [5.41, 5.74) is 5.41. The van der Waals surface area contributed by atoms with Crippen molar-refractivity contribution in [1.82, 2.24) is 0 Å². The van der Waals surface area contributed by atoms with Crippen LogP contribution in [0.3, 0.4) is 0 Å². The SMILES string of the molecule is CC(C)C(N)c1ccc(Cl)c(C(F)(F)F)c1. The van der Waals surface area contributed by atoms with Crippen LogP contribution in [0.2, 0.25) is 5.02 Å². The van der Waals surface area contributed by atoms with Gasteiger partial charge in [-0.25, -0.2) is 0 Å². The lowest BCUT2D eigenvalue weighted by atomic mass is 9.95.